The number of aliphatic carboxylic acids is 1. The Bertz CT molecular complexity index is 1220. The third kappa shape index (κ3) is 5.86. The number of carbonyl (C=O) groups is 1. The maximum absolute atomic E-state index is 10.6. The summed E-state index contributed by atoms with van der Waals surface area (Å²) in [5, 5.41) is 16.1. The molecule has 3 heterocycles. The fourth-order valence-corrected chi connectivity index (χ4v) is 4.60. The number of carboxylic acids is 1. The Morgan fingerprint density at radius 1 is 1.17 bits per heavy atom. The molecule has 36 heavy (non-hydrogen) atoms. The fourth-order valence-electron chi connectivity index (χ4n) is 4.60. The van der Waals surface area contributed by atoms with Crippen molar-refractivity contribution in [2.45, 2.75) is 57.3 Å². The highest BCUT2D eigenvalue weighted by atomic mass is 19.4. The van der Waals surface area contributed by atoms with Crippen molar-refractivity contribution in [3.05, 3.63) is 35.7 Å². The van der Waals surface area contributed by atoms with E-state index in [4.69, 9.17) is 19.6 Å². The molecule has 0 bridgehead atoms. The first-order valence-corrected chi connectivity index (χ1v) is 11.8. The molecule has 0 spiro atoms. The van der Waals surface area contributed by atoms with Gasteiger partial charge >= 0.3 is 12.1 Å². The molecule has 12 heteroatoms. The minimum absolute atomic E-state index is 0.442. The Morgan fingerprint density at radius 3 is 2.56 bits per heavy atom. The molecule has 1 aliphatic heterocycles. The van der Waals surface area contributed by atoms with E-state index in [1.54, 1.807) is 7.11 Å². The average Bonchev–Trinajstić information content (AvgIpc) is 3.27. The maximum Gasteiger partial charge on any atom is 0.490 e. The molecule has 1 fully saturated rings. The SMILES string of the molecule is COc1cc2c(cc1Nc1ncc3cnn(C4CCCCC4)c3n1)CN(C)CC2.O=C(O)C(F)(F)F. The summed E-state index contributed by atoms with van der Waals surface area (Å²) in [5.74, 6) is -1.34. The molecule has 1 aromatic carbocycles. The summed E-state index contributed by atoms with van der Waals surface area (Å²) in [4.78, 5) is 20.6. The third-order valence-corrected chi connectivity index (χ3v) is 6.47. The van der Waals surface area contributed by atoms with E-state index >= 15 is 0 Å². The van der Waals surface area contributed by atoms with Gasteiger partial charge in [-0.2, -0.15) is 23.3 Å². The molecule has 0 radical (unpaired) electrons. The van der Waals surface area contributed by atoms with Crippen LogP contribution in [0.15, 0.2) is 24.5 Å². The summed E-state index contributed by atoms with van der Waals surface area (Å²) in [6.07, 6.45) is 5.91. The largest absolute Gasteiger partial charge is 0.495 e. The van der Waals surface area contributed by atoms with Gasteiger partial charge in [0.05, 0.1) is 30.4 Å². The number of hydrogen-bond acceptors (Lipinski definition) is 7. The lowest BCUT2D eigenvalue weighted by Crippen LogP contribution is -2.26. The Hall–Kier alpha value is -3.41. The normalized spacial score (nSPS) is 16.7. The quantitative estimate of drug-likeness (QED) is 0.525. The summed E-state index contributed by atoms with van der Waals surface area (Å²) in [5.41, 5.74) is 4.50. The van der Waals surface area contributed by atoms with Gasteiger partial charge in [0.25, 0.3) is 0 Å². The average molecular weight is 507 g/mol. The number of likely N-dealkylation sites (N-methyl/N-ethyl adjacent to an activating group) is 1. The van der Waals surface area contributed by atoms with Gasteiger partial charge in [-0.1, -0.05) is 19.3 Å². The number of anilines is 2. The molecular weight excluding hydrogens is 477 g/mol. The predicted molar refractivity (Wildman–Crippen MR) is 127 cm³/mol. The number of ether oxygens (including phenoxy) is 1. The van der Waals surface area contributed by atoms with Gasteiger partial charge in [-0.05, 0) is 49.6 Å². The van der Waals surface area contributed by atoms with Crippen LogP contribution in [0.4, 0.5) is 24.8 Å². The number of rotatable bonds is 4. The number of alkyl halides is 3. The molecule has 2 N–H and O–H groups in total. The maximum atomic E-state index is 10.6. The van der Waals surface area contributed by atoms with Gasteiger partial charge in [0.1, 0.15) is 5.75 Å². The van der Waals surface area contributed by atoms with Gasteiger partial charge in [-0.3, -0.25) is 0 Å². The number of nitrogens with one attached hydrogen (secondary N) is 1. The molecule has 0 saturated heterocycles. The van der Waals surface area contributed by atoms with Crippen LogP contribution >= 0.6 is 0 Å². The van der Waals surface area contributed by atoms with Gasteiger partial charge in [0, 0.05) is 19.3 Å². The highest BCUT2D eigenvalue weighted by molar-refractivity contribution is 5.76. The van der Waals surface area contributed by atoms with Crippen LogP contribution in [0.1, 0.15) is 49.3 Å². The van der Waals surface area contributed by atoms with E-state index in [9.17, 15) is 13.2 Å². The minimum Gasteiger partial charge on any atom is -0.495 e. The van der Waals surface area contributed by atoms with Crippen LogP contribution in [0.25, 0.3) is 11.0 Å². The monoisotopic (exact) mass is 506 g/mol. The van der Waals surface area contributed by atoms with Gasteiger partial charge in [0.2, 0.25) is 5.95 Å². The molecule has 0 unspecified atom stereocenters. The van der Waals surface area contributed by atoms with E-state index in [2.05, 4.69) is 44.2 Å². The number of hydrogen-bond donors (Lipinski definition) is 2. The van der Waals surface area contributed by atoms with Crippen LogP contribution in [0.2, 0.25) is 0 Å². The first kappa shape index (κ1) is 25.7. The Morgan fingerprint density at radius 2 is 1.89 bits per heavy atom. The molecule has 194 valence electrons. The van der Waals surface area contributed by atoms with Crippen molar-refractivity contribution in [2.24, 2.45) is 0 Å². The Kier molecular flexibility index (Phi) is 7.62. The van der Waals surface area contributed by atoms with Crippen molar-refractivity contribution in [1.29, 1.82) is 0 Å². The number of aromatic nitrogens is 4. The van der Waals surface area contributed by atoms with E-state index in [1.165, 1.54) is 43.2 Å². The number of methoxy groups -OCH3 is 1. The fraction of sp³-hybridized carbons (Fsp3) is 0.500. The molecule has 0 atom stereocenters. The number of benzene rings is 1. The van der Waals surface area contributed by atoms with Crippen molar-refractivity contribution in [2.75, 3.05) is 26.0 Å². The second kappa shape index (κ2) is 10.7. The van der Waals surface area contributed by atoms with Crippen molar-refractivity contribution < 1.29 is 27.8 Å². The van der Waals surface area contributed by atoms with Crippen LogP contribution in [-0.2, 0) is 17.8 Å². The third-order valence-electron chi connectivity index (χ3n) is 6.47. The molecule has 3 aromatic rings. The first-order chi connectivity index (χ1) is 17.2. The van der Waals surface area contributed by atoms with E-state index in [-0.39, 0.29) is 0 Å². The number of halogens is 3. The van der Waals surface area contributed by atoms with Gasteiger partial charge in [0.15, 0.2) is 5.65 Å². The number of nitrogens with zero attached hydrogens (tertiary/aromatic N) is 5. The molecule has 1 saturated carbocycles. The van der Waals surface area contributed by atoms with Crippen LogP contribution in [0.3, 0.4) is 0 Å². The van der Waals surface area contributed by atoms with Crippen LogP contribution in [0.5, 0.6) is 5.75 Å². The molecule has 9 nitrogen and oxygen atoms in total. The highest BCUT2D eigenvalue weighted by Gasteiger charge is 2.38. The molecule has 5 rings (SSSR count). The predicted octanol–water partition coefficient (Wildman–Crippen LogP) is 4.70. The zero-order chi connectivity index (χ0) is 25.9. The molecule has 0 amide bonds. The van der Waals surface area contributed by atoms with Gasteiger partial charge < -0.3 is 20.1 Å². The summed E-state index contributed by atoms with van der Waals surface area (Å²) < 4.78 is 39.5. The Balaban J connectivity index is 0.000000384. The topological polar surface area (TPSA) is 105 Å². The molecular formula is C24H29F3N6O3. The lowest BCUT2D eigenvalue weighted by atomic mass is 9.96. The van der Waals surface area contributed by atoms with Gasteiger partial charge in [-0.25, -0.2) is 14.5 Å². The summed E-state index contributed by atoms with van der Waals surface area (Å²) in [6, 6.07) is 4.77. The van der Waals surface area contributed by atoms with Crippen molar-refractivity contribution >= 4 is 28.6 Å². The van der Waals surface area contributed by atoms with Crippen LogP contribution in [0, 0.1) is 0 Å². The number of carboxylic acid groups (broad SMARTS) is 1. The van der Waals surface area contributed by atoms with Gasteiger partial charge in [-0.15, -0.1) is 0 Å². The summed E-state index contributed by atoms with van der Waals surface area (Å²) >= 11 is 0. The minimum atomic E-state index is -5.08. The summed E-state index contributed by atoms with van der Waals surface area (Å²) in [6.45, 7) is 2.02. The van der Waals surface area contributed by atoms with Crippen molar-refractivity contribution in [3.8, 4) is 5.75 Å². The van der Waals surface area contributed by atoms with Crippen LogP contribution in [-0.4, -0.2) is 62.6 Å². The van der Waals surface area contributed by atoms with E-state index < -0.39 is 12.1 Å². The second-order valence-corrected chi connectivity index (χ2v) is 9.09. The first-order valence-electron chi connectivity index (χ1n) is 11.8. The standard InChI is InChI=1S/C22H28N6O.C2HF3O2/c1-27-9-8-15-11-20(29-2)19(10-16(15)14-27)25-22-23-12-17-13-24-28(21(17)26-22)18-6-4-3-5-7-18;3-2(4,5)1(6)7/h10-13,18H,3-9,14H2,1-2H3,(H,23,25,26);(H,6,7). The van der Waals surface area contributed by atoms with Crippen LogP contribution < -0.4 is 10.1 Å². The van der Waals surface area contributed by atoms with E-state index in [0.29, 0.717) is 12.0 Å². The van der Waals surface area contributed by atoms with E-state index in [1.807, 2.05) is 12.4 Å². The van der Waals surface area contributed by atoms with E-state index in [0.717, 1.165) is 42.0 Å². The lowest BCUT2D eigenvalue weighted by molar-refractivity contribution is -0.192. The Labute approximate surface area is 206 Å². The molecule has 2 aromatic heterocycles. The second-order valence-electron chi connectivity index (χ2n) is 9.09. The number of fused-ring (bicyclic) bond motifs is 2. The van der Waals surface area contributed by atoms with Crippen molar-refractivity contribution in [3.63, 3.8) is 0 Å². The highest BCUT2D eigenvalue weighted by Crippen LogP contribution is 2.34. The molecule has 1 aliphatic carbocycles. The smallest absolute Gasteiger partial charge is 0.490 e. The molecule has 2 aliphatic rings. The van der Waals surface area contributed by atoms with Crippen molar-refractivity contribution in [1.82, 2.24) is 24.6 Å². The summed E-state index contributed by atoms with van der Waals surface area (Å²) in [7, 11) is 3.87. The zero-order valence-corrected chi connectivity index (χ0v) is 20.2. The zero-order valence-electron chi connectivity index (χ0n) is 20.2. The lowest BCUT2D eigenvalue weighted by Gasteiger charge is -2.26.